The zero-order valence-corrected chi connectivity index (χ0v) is 13.7. The number of nitrogens with zero attached hydrogens (tertiary/aromatic N) is 6. The van der Waals surface area contributed by atoms with Crippen LogP contribution in [0.5, 0.6) is 0 Å². The zero-order chi connectivity index (χ0) is 18.7. The van der Waals surface area contributed by atoms with Crippen molar-refractivity contribution in [3.05, 3.63) is 64.0 Å². The standard InChI is InChI=1S/C15H14FN7O3/c1-2-21-8-12(23(25)26)13(19-21)14(24)18-15-17-9-22(20-15)7-10-4-3-5-11(16)6-10/h3-6,8-9H,2,7H2,1H3,(H,18,20,24). The van der Waals surface area contributed by atoms with E-state index in [9.17, 15) is 19.3 Å². The minimum atomic E-state index is -0.785. The Labute approximate surface area is 146 Å². The molecule has 0 aliphatic rings. The van der Waals surface area contributed by atoms with Crippen LogP contribution in [0.2, 0.25) is 0 Å². The first-order valence-corrected chi connectivity index (χ1v) is 7.63. The van der Waals surface area contributed by atoms with Crippen molar-refractivity contribution in [2.24, 2.45) is 0 Å². The molecule has 0 saturated heterocycles. The number of rotatable bonds is 6. The molecule has 0 bridgehead atoms. The van der Waals surface area contributed by atoms with Crippen LogP contribution in [0.3, 0.4) is 0 Å². The number of carbonyl (C=O) groups is 1. The normalized spacial score (nSPS) is 10.7. The van der Waals surface area contributed by atoms with E-state index < -0.39 is 16.5 Å². The molecule has 3 aromatic rings. The van der Waals surface area contributed by atoms with Crippen LogP contribution in [0.4, 0.5) is 16.0 Å². The molecule has 0 spiro atoms. The van der Waals surface area contributed by atoms with Gasteiger partial charge in [0.1, 0.15) is 18.3 Å². The molecule has 11 heteroatoms. The molecule has 3 rings (SSSR count). The van der Waals surface area contributed by atoms with E-state index in [1.165, 1.54) is 34.0 Å². The van der Waals surface area contributed by atoms with E-state index in [4.69, 9.17) is 0 Å². The van der Waals surface area contributed by atoms with Gasteiger partial charge >= 0.3 is 5.69 Å². The summed E-state index contributed by atoms with van der Waals surface area (Å²) in [6, 6.07) is 6.00. The highest BCUT2D eigenvalue weighted by atomic mass is 19.1. The number of nitrogens with one attached hydrogen (secondary N) is 1. The summed E-state index contributed by atoms with van der Waals surface area (Å²) in [7, 11) is 0. The molecule has 0 saturated carbocycles. The van der Waals surface area contributed by atoms with Crippen LogP contribution in [-0.2, 0) is 13.1 Å². The number of carbonyl (C=O) groups excluding carboxylic acids is 1. The Morgan fingerprint density at radius 3 is 2.85 bits per heavy atom. The Kier molecular flexibility index (Phi) is 4.69. The maximum atomic E-state index is 13.2. The van der Waals surface area contributed by atoms with Crippen LogP contribution in [-0.4, -0.2) is 35.4 Å². The lowest BCUT2D eigenvalue weighted by Gasteiger charge is -2.01. The minimum Gasteiger partial charge on any atom is -0.287 e. The third kappa shape index (κ3) is 3.71. The second kappa shape index (κ2) is 7.09. The van der Waals surface area contributed by atoms with Gasteiger partial charge in [-0.3, -0.25) is 24.9 Å². The summed E-state index contributed by atoms with van der Waals surface area (Å²) in [6.07, 6.45) is 2.55. The van der Waals surface area contributed by atoms with Crippen molar-refractivity contribution < 1.29 is 14.1 Å². The first-order chi connectivity index (χ1) is 12.5. The molecule has 0 atom stereocenters. The highest BCUT2D eigenvalue weighted by Gasteiger charge is 2.26. The largest absolute Gasteiger partial charge is 0.320 e. The van der Waals surface area contributed by atoms with Crippen molar-refractivity contribution in [1.29, 1.82) is 0 Å². The second-order valence-corrected chi connectivity index (χ2v) is 5.33. The van der Waals surface area contributed by atoms with Gasteiger partial charge in [0, 0.05) is 6.54 Å². The Morgan fingerprint density at radius 2 is 2.15 bits per heavy atom. The van der Waals surface area contributed by atoms with Crippen LogP contribution in [0.15, 0.2) is 36.8 Å². The summed E-state index contributed by atoms with van der Waals surface area (Å²) < 4.78 is 15.9. The van der Waals surface area contributed by atoms with Gasteiger partial charge < -0.3 is 0 Å². The molecule has 0 fully saturated rings. The SMILES string of the molecule is CCn1cc([N+](=O)[O-])c(C(=O)Nc2ncn(Cc3cccc(F)c3)n2)n1. The highest BCUT2D eigenvalue weighted by molar-refractivity contribution is 6.04. The number of hydrogen-bond donors (Lipinski definition) is 1. The van der Waals surface area contributed by atoms with Gasteiger partial charge in [-0.15, -0.1) is 5.10 Å². The Bertz CT molecular complexity index is 966. The first kappa shape index (κ1) is 17.2. The van der Waals surface area contributed by atoms with Crippen LogP contribution in [0.25, 0.3) is 0 Å². The predicted octanol–water partition coefficient (Wildman–Crippen LogP) is 1.84. The number of nitro groups is 1. The summed E-state index contributed by atoms with van der Waals surface area (Å²) in [4.78, 5) is 26.5. The minimum absolute atomic E-state index is 0.0354. The summed E-state index contributed by atoms with van der Waals surface area (Å²) in [5, 5.41) is 21.4. The van der Waals surface area contributed by atoms with E-state index in [2.05, 4.69) is 20.5 Å². The molecule has 1 amide bonds. The number of halogens is 1. The molecule has 1 aromatic carbocycles. The molecular formula is C15H14FN7O3. The quantitative estimate of drug-likeness (QED) is 0.529. The predicted molar refractivity (Wildman–Crippen MR) is 88.0 cm³/mol. The monoisotopic (exact) mass is 359 g/mol. The second-order valence-electron chi connectivity index (χ2n) is 5.33. The smallest absolute Gasteiger partial charge is 0.287 e. The van der Waals surface area contributed by atoms with E-state index in [0.29, 0.717) is 12.1 Å². The van der Waals surface area contributed by atoms with Crippen LogP contribution < -0.4 is 5.32 Å². The third-order valence-electron chi connectivity index (χ3n) is 3.47. The Balaban J connectivity index is 1.74. The average Bonchev–Trinajstić information content (AvgIpc) is 3.21. The van der Waals surface area contributed by atoms with Crippen LogP contribution in [0.1, 0.15) is 23.0 Å². The van der Waals surface area contributed by atoms with Gasteiger partial charge in [0.2, 0.25) is 11.6 Å². The molecule has 0 aliphatic heterocycles. The van der Waals surface area contributed by atoms with Crippen molar-refractivity contribution in [2.45, 2.75) is 20.0 Å². The number of amides is 1. The Hall–Kier alpha value is -3.63. The summed E-state index contributed by atoms with van der Waals surface area (Å²) in [5.74, 6) is -1.19. The van der Waals surface area contributed by atoms with Gasteiger partial charge in [-0.1, -0.05) is 12.1 Å². The van der Waals surface area contributed by atoms with Gasteiger partial charge in [0.15, 0.2) is 0 Å². The van der Waals surface area contributed by atoms with Crippen molar-refractivity contribution in [1.82, 2.24) is 24.5 Å². The number of hydrogen-bond acceptors (Lipinski definition) is 6. The molecule has 0 radical (unpaired) electrons. The summed E-state index contributed by atoms with van der Waals surface area (Å²) >= 11 is 0. The molecular weight excluding hydrogens is 345 g/mol. The van der Waals surface area contributed by atoms with Crippen LogP contribution >= 0.6 is 0 Å². The fourth-order valence-electron chi connectivity index (χ4n) is 2.28. The molecule has 10 nitrogen and oxygen atoms in total. The number of aryl methyl sites for hydroxylation is 1. The van der Waals surface area contributed by atoms with Gasteiger partial charge in [-0.25, -0.2) is 14.1 Å². The molecule has 2 aromatic heterocycles. The zero-order valence-electron chi connectivity index (χ0n) is 13.7. The molecule has 2 heterocycles. The fraction of sp³-hybridized carbons (Fsp3) is 0.200. The van der Waals surface area contributed by atoms with Gasteiger partial charge in [-0.05, 0) is 24.6 Å². The van der Waals surface area contributed by atoms with E-state index in [1.54, 1.807) is 19.1 Å². The van der Waals surface area contributed by atoms with E-state index in [-0.39, 0.29) is 24.0 Å². The van der Waals surface area contributed by atoms with Crippen molar-refractivity contribution in [2.75, 3.05) is 5.32 Å². The molecule has 0 unspecified atom stereocenters. The lowest BCUT2D eigenvalue weighted by atomic mass is 10.2. The maximum absolute atomic E-state index is 13.2. The molecule has 26 heavy (non-hydrogen) atoms. The lowest BCUT2D eigenvalue weighted by molar-refractivity contribution is -0.385. The topological polar surface area (TPSA) is 121 Å². The van der Waals surface area contributed by atoms with Crippen molar-refractivity contribution in [3.63, 3.8) is 0 Å². The summed E-state index contributed by atoms with van der Waals surface area (Å²) in [5.41, 5.74) is -0.0491. The van der Waals surface area contributed by atoms with Gasteiger partial charge in [-0.2, -0.15) is 5.10 Å². The number of aromatic nitrogens is 5. The maximum Gasteiger partial charge on any atom is 0.320 e. The third-order valence-corrected chi connectivity index (χ3v) is 3.47. The van der Waals surface area contributed by atoms with Gasteiger partial charge in [0.05, 0.1) is 11.5 Å². The number of benzene rings is 1. The van der Waals surface area contributed by atoms with E-state index in [0.717, 1.165) is 0 Å². The highest BCUT2D eigenvalue weighted by Crippen LogP contribution is 2.17. The van der Waals surface area contributed by atoms with E-state index >= 15 is 0 Å². The molecule has 0 aliphatic carbocycles. The molecule has 1 N–H and O–H groups in total. The van der Waals surface area contributed by atoms with Gasteiger partial charge in [0.25, 0.3) is 5.91 Å². The molecule has 134 valence electrons. The Morgan fingerprint density at radius 1 is 1.35 bits per heavy atom. The number of anilines is 1. The summed E-state index contributed by atoms with van der Waals surface area (Å²) in [6.45, 7) is 2.38. The van der Waals surface area contributed by atoms with Crippen molar-refractivity contribution in [3.8, 4) is 0 Å². The van der Waals surface area contributed by atoms with E-state index in [1.807, 2.05) is 0 Å². The van der Waals surface area contributed by atoms with Crippen molar-refractivity contribution >= 4 is 17.5 Å². The van der Waals surface area contributed by atoms with Crippen LogP contribution in [0, 0.1) is 15.9 Å². The first-order valence-electron chi connectivity index (χ1n) is 7.63. The average molecular weight is 359 g/mol. The lowest BCUT2D eigenvalue weighted by Crippen LogP contribution is -2.16. The fourth-order valence-corrected chi connectivity index (χ4v) is 2.28.